The summed E-state index contributed by atoms with van der Waals surface area (Å²) in [4.78, 5) is 44.7. The third-order valence-electron chi connectivity index (χ3n) is 2.21. The Morgan fingerprint density at radius 3 is 1.27 bits per heavy atom. The first-order valence-electron chi connectivity index (χ1n) is 6.29. The van der Waals surface area contributed by atoms with Crippen LogP contribution in [-0.2, 0) is 19.2 Å². The molecule has 1 aromatic rings. The summed E-state index contributed by atoms with van der Waals surface area (Å²) in [5.41, 5.74) is 0.265. The summed E-state index contributed by atoms with van der Waals surface area (Å²) in [7, 11) is 0. The van der Waals surface area contributed by atoms with E-state index in [0.29, 0.717) is 0 Å². The van der Waals surface area contributed by atoms with Crippen LogP contribution in [0, 0.1) is 0 Å². The highest BCUT2D eigenvalue weighted by Crippen LogP contribution is 2.37. The fraction of sp³-hybridized carbons (Fsp3) is 0.286. The van der Waals surface area contributed by atoms with Crippen LogP contribution in [0.25, 0.3) is 0 Å². The second kappa shape index (κ2) is 7.21. The van der Waals surface area contributed by atoms with E-state index in [9.17, 15) is 19.2 Å². The molecule has 0 aliphatic rings. The lowest BCUT2D eigenvalue weighted by molar-refractivity contribution is -0.133. The summed E-state index contributed by atoms with van der Waals surface area (Å²) in [6, 6.07) is 2.57. The van der Waals surface area contributed by atoms with Crippen LogP contribution in [0.4, 0.5) is 11.4 Å². The van der Waals surface area contributed by atoms with E-state index in [0.717, 1.165) is 0 Å². The van der Waals surface area contributed by atoms with Crippen LogP contribution >= 0.6 is 0 Å². The molecule has 0 aliphatic heterocycles. The normalized spacial score (nSPS) is 9.64. The highest BCUT2D eigenvalue weighted by atomic mass is 16.5. The minimum Gasteiger partial charge on any atom is -0.424 e. The Morgan fingerprint density at radius 1 is 0.727 bits per heavy atom. The fourth-order valence-corrected chi connectivity index (χ4v) is 1.61. The van der Waals surface area contributed by atoms with E-state index in [2.05, 4.69) is 10.6 Å². The Hall–Kier alpha value is -2.90. The van der Waals surface area contributed by atoms with E-state index in [1.165, 1.54) is 39.8 Å². The first-order valence-corrected chi connectivity index (χ1v) is 6.29. The molecule has 2 N–H and O–H groups in total. The summed E-state index contributed by atoms with van der Waals surface area (Å²) in [6.07, 6.45) is 0. The minimum absolute atomic E-state index is 0.0161. The predicted octanol–water partition coefficient (Wildman–Crippen LogP) is 1.45. The van der Waals surface area contributed by atoms with Crippen LogP contribution in [0.5, 0.6) is 11.5 Å². The van der Waals surface area contributed by atoms with Crippen molar-refractivity contribution in [3.8, 4) is 11.5 Å². The Kier molecular flexibility index (Phi) is 5.62. The van der Waals surface area contributed by atoms with Gasteiger partial charge in [0.15, 0.2) is 11.5 Å². The number of anilines is 2. The molecule has 22 heavy (non-hydrogen) atoms. The van der Waals surface area contributed by atoms with E-state index in [1.807, 2.05) is 0 Å². The number of esters is 2. The van der Waals surface area contributed by atoms with Gasteiger partial charge in [0.2, 0.25) is 11.8 Å². The molecule has 0 heterocycles. The maximum atomic E-state index is 11.2. The van der Waals surface area contributed by atoms with Crippen molar-refractivity contribution in [1.82, 2.24) is 0 Å². The van der Waals surface area contributed by atoms with Gasteiger partial charge in [-0.3, -0.25) is 19.2 Å². The van der Waals surface area contributed by atoms with Crippen molar-refractivity contribution < 1.29 is 28.7 Å². The molecule has 0 spiro atoms. The van der Waals surface area contributed by atoms with Crippen molar-refractivity contribution in [3.63, 3.8) is 0 Å². The molecule has 118 valence electrons. The molecule has 1 aromatic carbocycles. The predicted molar refractivity (Wildman–Crippen MR) is 77.7 cm³/mol. The molecule has 0 bridgehead atoms. The zero-order valence-corrected chi connectivity index (χ0v) is 12.6. The second-order valence-electron chi connectivity index (χ2n) is 4.39. The number of rotatable bonds is 4. The van der Waals surface area contributed by atoms with E-state index in [1.54, 1.807) is 0 Å². The van der Waals surface area contributed by atoms with Crippen molar-refractivity contribution >= 4 is 35.1 Å². The number of carbonyl (C=O) groups excluding carboxylic acids is 4. The number of ether oxygens (including phenoxy) is 2. The highest BCUT2D eigenvalue weighted by Gasteiger charge is 2.16. The Bertz CT molecular complexity index is 532. The number of nitrogens with one attached hydrogen (secondary N) is 2. The van der Waals surface area contributed by atoms with Crippen molar-refractivity contribution in [2.45, 2.75) is 27.7 Å². The van der Waals surface area contributed by atoms with Gasteiger partial charge >= 0.3 is 11.9 Å². The molecule has 8 nitrogen and oxygen atoms in total. The average Bonchev–Trinajstić information content (AvgIpc) is 2.31. The number of benzene rings is 1. The largest absolute Gasteiger partial charge is 0.424 e. The van der Waals surface area contributed by atoms with E-state index in [-0.39, 0.29) is 22.9 Å². The molecule has 2 amide bonds. The van der Waals surface area contributed by atoms with Crippen LogP contribution in [0.1, 0.15) is 27.7 Å². The summed E-state index contributed by atoms with van der Waals surface area (Å²) < 4.78 is 9.97. The maximum Gasteiger partial charge on any atom is 0.308 e. The number of hydrogen-bond acceptors (Lipinski definition) is 6. The summed E-state index contributed by atoms with van der Waals surface area (Å²) in [5, 5.41) is 4.91. The lowest BCUT2D eigenvalue weighted by Gasteiger charge is -2.15. The van der Waals surface area contributed by atoms with E-state index >= 15 is 0 Å². The first-order chi connectivity index (χ1) is 10.2. The molecule has 0 aromatic heterocycles. The van der Waals surface area contributed by atoms with Gasteiger partial charge in [0.05, 0.1) is 11.4 Å². The molecule has 0 saturated heterocycles. The third-order valence-corrected chi connectivity index (χ3v) is 2.21. The highest BCUT2D eigenvalue weighted by molar-refractivity contribution is 5.96. The molecule has 0 saturated carbocycles. The third kappa shape index (κ3) is 5.23. The molecular formula is C14H16N2O6. The lowest BCUT2D eigenvalue weighted by Crippen LogP contribution is -2.14. The van der Waals surface area contributed by atoms with Gasteiger partial charge < -0.3 is 20.1 Å². The van der Waals surface area contributed by atoms with Gasteiger partial charge in [-0.25, -0.2) is 0 Å². The van der Waals surface area contributed by atoms with Gasteiger partial charge in [0.1, 0.15) is 0 Å². The van der Waals surface area contributed by atoms with Crippen molar-refractivity contribution in [1.29, 1.82) is 0 Å². The Morgan fingerprint density at radius 2 is 1.05 bits per heavy atom. The van der Waals surface area contributed by atoms with E-state index < -0.39 is 23.8 Å². The molecule has 0 fully saturated rings. The van der Waals surface area contributed by atoms with E-state index in [4.69, 9.17) is 9.47 Å². The average molecular weight is 308 g/mol. The van der Waals surface area contributed by atoms with Crippen LogP contribution < -0.4 is 20.1 Å². The zero-order chi connectivity index (χ0) is 16.9. The first kappa shape index (κ1) is 17.2. The van der Waals surface area contributed by atoms with Crippen LogP contribution in [-0.4, -0.2) is 23.8 Å². The molecule has 0 atom stereocenters. The van der Waals surface area contributed by atoms with Gasteiger partial charge in [-0.15, -0.1) is 0 Å². The molecule has 0 unspecified atom stereocenters. The van der Waals surface area contributed by atoms with Crippen molar-refractivity contribution in [3.05, 3.63) is 12.1 Å². The number of amides is 2. The van der Waals surface area contributed by atoms with Crippen LogP contribution in [0.2, 0.25) is 0 Å². The maximum absolute atomic E-state index is 11.2. The Labute approximate surface area is 126 Å². The van der Waals surface area contributed by atoms with Gasteiger partial charge in [-0.1, -0.05) is 0 Å². The lowest BCUT2D eigenvalue weighted by atomic mass is 10.2. The molecule has 1 rings (SSSR count). The molecule has 8 heteroatoms. The van der Waals surface area contributed by atoms with Gasteiger partial charge in [-0.2, -0.15) is 0 Å². The number of hydrogen-bond donors (Lipinski definition) is 2. The van der Waals surface area contributed by atoms with Crippen LogP contribution in [0.15, 0.2) is 12.1 Å². The molecule has 0 radical (unpaired) electrons. The standard InChI is InChI=1S/C14H16N2O6/c1-7(17)15-11-5-14(22-10(4)20)12(16-8(2)18)6-13(11)21-9(3)19/h5-6H,1-4H3,(H,15,17)(H,16,18). The minimum atomic E-state index is -0.611. The summed E-state index contributed by atoms with van der Waals surface area (Å²) >= 11 is 0. The monoisotopic (exact) mass is 308 g/mol. The smallest absolute Gasteiger partial charge is 0.308 e. The SMILES string of the molecule is CC(=O)Nc1cc(OC(C)=O)c(NC(C)=O)cc1OC(C)=O. The quantitative estimate of drug-likeness (QED) is 0.643. The molecular weight excluding hydrogens is 292 g/mol. The van der Waals surface area contributed by atoms with Gasteiger partial charge in [0.25, 0.3) is 0 Å². The second-order valence-corrected chi connectivity index (χ2v) is 4.39. The van der Waals surface area contributed by atoms with Crippen molar-refractivity contribution in [2.75, 3.05) is 10.6 Å². The number of carbonyl (C=O) groups is 4. The topological polar surface area (TPSA) is 111 Å². The van der Waals surface area contributed by atoms with Crippen molar-refractivity contribution in [2.24, 2.45) is 0 Å². The summed E-state index contributed by atoms with van der Waals surface area (Å²) in [5.74, 6) is -2.00. The summed E-state index contributed by atoms with van der Waals surface area (Å²) in [6.45, 7) is 4.92. The van der Waals surface area contributed by atoms with Gasteiger partial charge in [-0.05, 0) is 0 Å². The fourth-order valence-electron chi connectivity index (χ4n) is 1.61. The van der Waals surface area contributed by atoms with Crippen LogP contribution in [0.3, 0.4) is 0 Å². The molecule has 0 aliphatic carbocycles. The Balaban J connectivity index is 3.39. The zero-order valence-electron chi connectivity index (χ0n) is 12.6. The van der Waals surface area contributed by atoms with Gasteiger partial charge in [0, 0.05) is 39.8 Å².